The predicted molar refractivity (Wildman–Crippen MR) is 85.7 cm³/mol. The van der Waals surface area contributed by atoms with Crippen molar-refractivity contribution in [1.29, 1.82) is 0 Å². The first-order valence-electron chi connectivity index (χ1n) is 6.63. The van der Waals surface area contributed by atoms with Crippen LogP contribution in [0.25, 0.3) is 10.6 Å². The summed E-state index contributed by atoms with van der Waals surface area (Å²) in [6.45, 7) is 4.61. The van der Waals surface area contributed by atoms with Crippen molar-refractivity contribution in [2.24, 2.45) is 0 Å². The minimum Gasteiger partial charge on any atom is -0.246 e. The largest absolute Gasteiger partial charge is 0.246 e. The summed E-state index contributed by atoms with van der Waals surface area (Å²) < 4.78 is 1.92. The molecule has 4 nitrogen and oxygen atoms in total. The Hall–Kier alpha value is -1.72. The molecule has 108 valence electrons. The Balaban J connectivity index is 1.79. The molecular formula is C15H15ClN4S. The molecule has 0 aliphatic rings. The standard InChI is InChI=1S/C15H15ClN4S/c1-10-17-11(2)20(19-10)8-12-3-5-13(6-4-12)15-18-14(7-16)9-21-15/h3-6,9H,7-8H2,1-2H3. The van der Waals surface area contributed by atoms with Gasteiger partial charge in [-0.3, -0.25) is 0 Å². The SMILES string of the molecule is Cc1nc(C)n(Cc2ccc(-c3nc(CCl)cs3)cc2)n1. The topological polar surface area (TPSA) is 43.6 Å². The number of rotatable bonds is 4. The number of hydrogen-bond donors (Lipinski definition) is 0. The quantitative estimate of drug-likeness (QED) is 0.687. The number of nitrogens with zero attached hydrogens (tertiary/aromatic N) is 4. The molecule has 0 aliphatic carbocycles. The van der Waals surface area contributed by atoms with Gasteiger partial charge in [-0.2, -0.15) is 5.10 Å². The highest BCUT2D eigenvalue weighted by molar-refractivity contribution is 7.13. The third kappa shape index (κ3) is 3.14. The highest BCUT2D eigenvalue weighted by atomic mass is 35.5. The number of halogens is 1. The molecule has 0 radical (unpaired) electrons. The van der Waals surface area contributed by atoms with Crippen LogP contribution in [0.5, 0.6) is 0 Å². The van der Waals surface area contributed by atoms with Crippen molar-refractivity contribution in [1.82, 2.24) is 19.7 Å². The summed E-state index contributed by atoms with van der Waals surface area (Å²) in [6, 6.07) is 8.39. The first-order chi connectivity index (χ1) is 10.2. The third-order valence-corrected chi connectivity index (χ3v) is 4.40. The highest BCUT2D eigenvalue weighted by Gasteiger charge is 2.06. The molecule has 0 amide bonds. The van der Waals surface area contributed by atoms with E-state index in [1.54, 1.807) is 11.3 Å². The smallest absolute Gasteiger partial charge is 0.147 e. The second-order valence-electron chi connectivity index (χ2n) is 4.84. The Labute approximate surface area is 132 Å². The maximum absolute atomic E-state index is 5.79. The van der Waals surface area contributed by atoms with Crippen LogP contribution < -0.4 is 0 Å². The zero-order chi connectivity index (χ0) is 14.8. The Kier molecular flexibility index (Phi) is 4.03. The fraction of sp³-hybridized carbons (Fsp3) is 0.267. The average molecular weight is 319 g/mol. The van der Waals surface area contributed by atoms with Crippen molar-refractivity contribution in [3.8, 4) is 10.6 Å². The van der Waals surface area contributed by atoms with E-state index in [1.165, 1.54) is 5.56 Å². The molecule has 0 N–H and O–H groups in total. The van der Waals surface area contributed by atoms with Crippen LogP contribution in [0.3, 0.4) is 0 Å². The summed E-state index contributed by atoms with van der Waals surface area (Å²) in [7, 11) is 0. The Morgan fingerprint density at radius 2 is 1.90 bits per heavy atom. The lowest BCUT2D eigenvalue weighted by atomic mass is 10.1. The lowest BCUT2D eigenvalue weighted by Crippen LogP contribution is -2.04. The van der Waals surface area contributed by atoms with Gasteiger partial charge in [0.05, 0.1) is 18.1 Å². The van der Waals surface area contributed by atoms with E-state index < -0.39 is 0 Å². The van der Waals surface area contributed by atoms with Crippen LogP contribution in [0.1, 0.15) is 22.9 Å². The fourth-order valence-corrected chi connectivity index (χ4v) is 3.19. The van der Waals surface area contributed by atoms with Crippen LogP contribution in [-0.4, -0.2) is 19.7 Å². The number of hydrogen-bond acceptors (Lipinski definition) is 4. The summed E-state index contributed by atoms with van der Waals surface area (Å²) in [5, 5.41) is 7.38. The van der Waals surface area contributed by atoms with Gasteiger partial charge >= 0.3 is 0 Å². The molecule has 0 atom stereocenters. The van der Waals surface area contributed by atoms with Crippen molar-refractivity contribution < 1.29 is 0 Å². The number of alkyl halides is 1. The van der Waals surface area contributed by atoms with E-state index >= 15 is 0 Å². The van der Waals surface area contributed by atoms with Crippen LogP contribution >= 0.6 is 22.9 Å². The zero-order valence-corrected chi connectivity index (χ0v) is 13.4. The molecule has 0 fully saturated rings. The molecule has 3 aromatic rings. The second kappa shape index (κ2) is 5.95. The number of aryl methyl sites for hydroxylation is 2. The normalized spacial score (nSPS) is 11.0. The van der Waals surface area contributed by atoms with Gasteiger partial charge in [-0.05, 0) is 19.4 Å². The molecule has 6 heteroatoms. The number of thiazole rings is 1. The molecule has 0 unspecified atom stereocenters. The minimum absolute atomic E-state index is 0.458. The Morgan fingerprint density at radius 1 is 1.14 bits per heavy atom. The summed E-state index contributed by atoms with van der Waals surface area (Å²) in [5.41, 5.74) is 3.24. The molecule has 2 aromatic heterocycles. The third-order valence-electron chi connectivity index (χ3n) is 3.18. The van der Waals surface area contributed by atoms with Gasteiger partial charge in [-0.1, -0.05) is 24.3 Å². The van der Waals surface area contributed by atoms with Gasteiger partial charge in [0.15, 0.2) is 0 Å². The number of benzene rings is 1. The molecule has 21 heavy (non-hydrogen) atoms. The monoisotopic (exact) mass is 318 g/mol. The van der Waals surface area contributed by atoms with Crippen molar-refractivity contribution in [3.05, 3.63) is 52.6 Å². The van der Waals surface area contributed by atoms with Gasteiger partial charge in [0, 0.05) is 10.9 Å². The maximum Gasteiger partial charge on any atom is 0.147 e. The molecular weight excluding hydrogens is 304 g/mol. The van der Waals surface area contributed by atoms with Crippen molar-refractivity contribution in [3.63, 3.8) is 0 Å². The maximum atomic E-state index is 5.79. The van der Waals surface area contributed by atoms with Gasteiger partial charge in [-0.15, -0.1) is 22.9 Å². The van der Waals surface area contributed by atoms with Crippen molar-refractivity contribution in [2.75, 3.05) is 0 Å². The Bertz CT molecular complexity index is 745. The molecule has 0 aliphatic heterocycles. The van der Waals surface area contributed by atoms with E-state index in [4.69, 9.17) is 11.6 Å². The molecule has 0 spiro atoms. The summed E-state index contributed by atoms with van der Waals surface area (Å²) >= 11 is 7.41. The molecule has 2 heterocycles. The average Bonchev–Trinajstić information content (AvgIpc) is 3.07. The van der Waals surface area contributed by atoms with E-state index in [1.807, 2.05) is 23.9 Å². The fourth-order valence-electron chi connectivity index (χ4n) is 2.14. The summed E-state index contributed by atoms with van der Waals surface area (Å²) in [4.78, 5) is 8.80. The first kappa shape index (κ1) is 14.2. The zero-order valence-electron chi connectivity index (χ0n) is 11.9. The van der Waals surface area contributed by atoms with Gasteiger partial charge in [-0.25, -0.2) is 14.6 Å². The second-order valence-corrected chi connectivity index (χ2v) is 5.96. The van der Waals surface area contributed by atoms with Gasteiger partial charge in [0.1, 0.15) is 16.7 Å². The molecule has 0 saturated heterocycles. The van der Waals surface area contributed by atoms with E-state index in [2.05, 4.69) is 39.3 Å². The molecule has 0 saturated carbocycles. The van der Waals surface area contributed by atoms with Gasteiger partial charge in [0.25, 0.3) is 0 Å². The summed E-state index contributed by atoms with van der Waals surface area (Å²) in [6.07, 6.45) is 0. The summed E-state index contributed by atoms with van der Waals surface area (Å²) in [5.74, 6) is 2.20. The van der Waals surface area contributed by atoms with Gasteiger partial charge in [0.2, 0.25) is 0 Å². The van der Waals surface area contributed by atoms with Crippen LogP contribution in [0.2, 0.25) is 0 Å². The van der Waals surface area contributed by atoms with Crippen LogP contribution in [0.15, 0.2) is 29.6 Å². The van der Waals surface area contributed by atoms with E-state index in [-0.39, 0.29) is 0 Å². The lowest BCUT2D eigenvalue weighted by Gasteiger charge is -2.04. The van der Waals surface area contributed by atoms with Crippen LogP contribution in [0, 0.1) is 13.8 Å². The lowest BCUT2D eigenvalue weighted by molar-refractivity contribution is 0.656. The van der Waals surface area contributed by atoms with E-state index in [0.29, 0.717) is 5.88 Å². The molecule has 3 rings (SSSR count). The first-order valence-corrected chi connectivity index (χ1v) is 8.05. The van der Waals surface area contributed by atoms with Crippen LogP contribution in [-0.2, 0) is 12.4 Å². The van der Waals surface area contributed by atoms with Crippen molar-refractivity contribution in [2.45, 2.75) is 26.3 Å². The highest BCUT2D eigenvalue weighted by Crippen LogP contribution is 2.24. The minimum atomic E-state index is 0.458. The van der Waals surface area contributed by atoms with Crippen molar-refractivity contribution >= 4 is 22.9 Å². The number of aromatic nitrogens is 4. The van der Waals surface area contributed by atoms with Gasteiger partial charge < -0.3 is 0 Å². The molecule has 0 bridgehead atoms. The van der Waals surface area contributed by atoms with Crippen LogP contribution in [0.4, 0.5) is 0 Å². The Morgan fingerprint density at radius 3 is 2.48 bits per heavy atom. The van der Waals surface area contributed by atoms with E-state index in [9.17, 15) is 0 Å². The molecule has 1 aromatic carbocycles. The predicted octanol–water partition coefficient (Wildman–Crippen LogP) is 3.81. The van der Waals surface area contributed by atoms with E-state index in [0.717, 1.165) is 34.5 Å².